The molecule has 0 saturated carbocycles. The van der Waals surface area contributed by atoms with Crippen molar-refractivity contribution in [2.45, 2.75) is 6.42 Å². The standard InChI is InChI=1S/C20H19ClN4O2/c21-15-3-1-14(2-4-15)7-9-22-19-8-10-23-20(25-19)24-16-5-6-17-18(13-16)27-12-11-26-17/h1-6,8,10,13H,7,9,11-12H2,(H2,22,23,24,25). The molecule has 2 heterocycles. The van der Waals surface area contributed by atoms with Gasteiger partial charge >= 0.3 is 0 Å². The number of benzene rings is 2. The van der Waals surface area contributed by atoms with Crippen molar-refractivity contribution >= 4 is 29.1 Å². The number of hydrogen-bond acceptors (Lipinski definition) is 6. The average Bonchev–Trinajstić information content (AvgIpc) is 2.70. The molecule has 0 fully saturated rings. The molecule has 0 amide bonds. The van der Waals surface area contributed by atoms with Crippen molar-refractivity contribution in [3.05, 3.63) is 65.3 Å². The van der Waals surface area contributed by atoms with Crippen molar-refractivity contribution < 1.29 is 9.47 Å². The van der Waals surface area contributed by atoms with Gasteiger partial charge in [-0.15, -0.1) is 0 Å². The summed E-state index contributed by atoms with van der Waals surface area (Å²) in [6.45, 7) is 1.90. The summed E-state index contributed by atoms with van der Waals surface area (Å²) in [5.41, 5.74) is 2.06. The van der Waals surface area contributed by atoms with Crippen molar-refractivity contribution in [2.75, 3.05) is 30.4 Å². The molecule has 27 heavy (non-hydrogen) atoms. The summed E-state index contributed by atoms with van der Waals surface area (Å²) in [5.74, 6) is 2.76. The van der Waals surface area contributed by atoms with Crippen LogP contribution in [0.4, 0.5) is 17.5 Å². The minimum absolute atomic E-state index is 0.517. The molecule has 4 rings (SSSR count). The third-order valence-corrected chi connectivity index (χ3v) is 4.34. The van der Waals surface area contributed by atoms with E-state index in [9.17, 15) is 0 Å². The number of nitrogens with one attached hydrogen (secondary N) is 2. The maximum Gasteiger partial charge on any atom is 0.229 e. The zero-order valence-corrected chi connectivity index (χ0v) is 15.4. The van der Waals surface area contributed by atoms with Gasteiger partial charge in [-0.05, 0) is 42.3 Å². The van der Waals surface area contributed by atoms with Gasteiger partial charge in [0.2, 0.25) is 5.95 Å². The molecule has 6 nitrogen and oxygen atoms in total. The highest BCUT2D eigenvalue weighted by Gasteiger charge is 2.12. The van der Waals surface area contributed by atoms with Gasteiger partial charge in [-0.2, -0.15) is 4.98 Å². The maximum absolute atomic E-state index is 5.91. The summed E-state index contributed by atoms with van der Waals surface area (Å²) in [7, 11) is 0. The number of hydrogen-bond donors (Lipinski definition) is 2. The van der Waals surface area contributed by atoms with E-state index in [0.717, 1.165) is 41.0 Å². The monoisotopic (exact) mass is 382 g/mol. The van der Waals surface area contributed by atoms with E-state index in [1.807, 2.05) is 48.5 Å². The number of fused-ring (bicyclic) bond motifs is 1. The van der Waals surface area contributed by atoms with Crippen LogP contribution in [0, 0.1) is 0 Å². The van der Waals surface area contributed by atoms with Gasteiger partial charge in [0.25, 0.3) is 0 Å². The lowest BCUT2D eigenvalue weighted by Crippen LogP contribution is -2.15. The number of halogens is 1. The lowest BCUT2D eigenvalue weighted by atomic mass is 10.1. The van der Waals surface area contributed by atoms with Crippen LogP contribution in [-0.4, -0.2) is 29.7 Å². The topological polar surface area (TPSA) is 68.3 Å². The highest BCUT2D eigenvalue weighted by Crippen LogP contribution is 2.33. The van der Waals surface area contributed by atoms with Gasteiger partial charge in [0.05, 0.1) is 0 Å². The molecule has 2 N–H and O–H groups in total. The third kappa shape index (κ3) is 4.60. The molecule has 1 aromatic heterocycles. The molecule has 1 aliphatic heterocycles. The molecule has 0 radical (unpaired) electrons. The molecule has 0 spiro atoms. The second-order valence-corrected chi connectivity index (χ2v) is 6.49. The number of anilines is 3. The molecule has 2 aromatic carbocycles. The molecule has 7 heteroatoms. The van der Waals surface area contributed by atoms with Gasteiger partial charge in [0.15, 0.2) is 11.5 Å². The number of ether oxygens (including phenoxy) is 2. The smallest absolute Gasteiger partial charge is 0.229 e. The van der Waals surface area contributed by atoms with Crippen LogP contribution < -0.4 is 20.1 Å². The zero-order chi connectivity index (χ0) is 18.5. The predicted molar refractivity (Wildman–Crippen MR) is 106 cm³/mol. The minimum Gasteiger partial charge on any atom is -0.486 e. The van der Waals surface area contributed by atoms with Gasteiger partial charge in [0, 0.05) is 29.5 Å². The van der Waals surface area contributed by atoms with E-state index in [1.54, 1.807) is 6.20 Å². The van der Waals surface area contributed by atoms with Gasteiger partial charge < -0.3 is 20.1 Å². The Morgan fingerprint density at radius 2 is 1.78 bits per heavy atom. The summed E-state index contributed by atoms with van der Waals surface area (Å²) in [6, 6.07) is 15.4. The molecule has 1 aliphatic rings. The summed E-state index contributed by atoms with van der Waals surface area (Å²) in [5, 5.41) is 7.26. The van der Waals surface area contributed by atoms with E-state index in [2.05, 4.69) is 20.6 Å². The van der Waals surface area contributed by atoms with Crippen molar-refractivity contribution in [2.24, 2.45) is 0 Å². The Labute approximate surface area is 162 Å². The first-order chi connectivity index (χ1) is 13.3. The first-order valence-corrected chi connectivity index (χ1v) is 9.12. The Morgan fingerprint density at radius 3 is 2.63 bits per heavy atom. The average molecular weight is 383 g/mol. The Morgan fingerprint density at radius 1 is 0.963 bits per heavy atom. The van der Waals surface area contributed by atoms with Crippen molar-refractivity contribution in [1.82, 2.24) is 9.97 Å². The summed E-state index contributed by atoms with van der Waals surface area (Å²) >= 11 is 5.91. The largest absolute Gasteiger partial charge is 0.486 e. The molecular formula is C20H19ClN4O2. The van der Waals surface area contributed by atoms with Crippen LogP contribution >= 0.6 is 11.6 Å². The minimum atomic E-state index is 0.517. The van der Waals surface area contributed by atoms with Crippen LogP contribution in [0.5, 0.6) is 11.5 Å². The van der Waals surface area contributed by atoms with Gasteiger partial charge in [-0.3, -0.25) is 0 Å². The number of nitrogens with zero attached hydrogens (tertiary/aromatic N) is 2. The fraction of sp³-hybridized carbons (Fsp3) is 0.200. The first-order valence-electron chi connectivity index (χ1n) is 8.74. The number of rotatable bonds is 6. The van der Waals surface area contributed by atoms with E-state index in [1.165, 1.54) is 5.56 Å². The van der Waals surface area contributed by atoms with E-state index >= 15 is 0 Å². The van der Waals surface area contributed by atoms with Crippen molar-refractivity contribution in [3.8, 4) is 11.5 Å². The second-order valence-electron chi connectivity index (χ2n) is 6.05. The fourth-order valence-corrected chi connectivity index (χ4v) is 2.88. The highest BCUT2D eigenvalue weighted by atomic mass is 35.5. The molecule has 0 unspecified atom stereocenters. The molecule has 138 valence electrons. The fourth-order valence-electron chi connectivity index (χ4n) is 2.75. The van der Waals surface area contributed by atoms with Crippen molar-refractivity contribution in [1.29, 1.82) is 0 Å². The van der Waals surface area contributed by atoms with Crippen LogP contribution in [0.15, 0.2) is 54.7 Å². The first kappa shape index (κ1) is 17.4. The Hall–Kier alpha value is -2.99. The predicted octanol–water partition coefficient (Wildman–Crippen LogP) is 4.30. The van der Waals surface area contributed by atoms with Crippen LogP contribution in [0.1, 0.15) is 5.56 Å². The van der Waals surface area contributed by atoms with Crippen LogP contribution in [0.2, 0.25) is 5.02 Å². The van der Waals surface area contributed by atoms with Crippen LogP contribution in [0.3, 0.4) is 0 Å². The molecule has 0 bridgehead atoms. The normalized spacial score (nSPS) is 12.5. The zero-order valence-electron chi connectivity index (χ0n) is 14.6. The van der Waals surface area contributed by atoms with Gasteiger partial charge in [-0.1, -0.05) is 23.7 Å². The summed E-state index contributed by atoms with van der Waals surface area (Å²) in [6.07, 6.45) is 2.60. The summed E-state index contributed by atoms with van der Waals surface area (Å²) < 4.78 is 11.1. The molecular weight excluding hydrogens is 364 g/mol. The third-order valence-electron chi connectivity index (χ3n) is 4.09. The quantitative estimate of drug-likeness (QED) is 0.662. The Balaban J connectivity index is 1.36. The SMILES string of the molecule is Clc1ccc(CCNc2ccnc(Nc3ccc4c(c3)OCCO4)n2)cc1. The molecule has 0 atom stereocenters. The van der Waals surface area contributed by atoms with E-state index in [0.29, 0.717) is 19.2 Å². The maximum atomic E-state index is 5.91. The molecule has 0 aliphatic carbocycles. The highest BCUT2D eigenvalue weighted by molar-refractivity contribution is 6.30. The lowest BCUT2D eigenvalue weighted by Gasteiger charge is -2.19. The second kappa shape index (κ2) is 8.14. The van der Waals surface area contributed by atoms with Crippen LogP contribution in [0.25, 0.3) is 0 Å². The molecule has 3 aromatic rings. The van der Waals surface area contributed by atoms with Crippen LogP contribution in [-0.2, 0) is 6.42 Å². The molecule has 0 saturated heterocycles. The van der Waals surface area contributed by atoms with E-state index in [4.69, 9.17) is 21.1 Å². The van der Waals surface area contributed by atoms with Gasteiger partial charge in [0.1, 0.15) is 19.0 Å². The Bertz CT molecular complexity index is 918. The van der Waals surface area contributed by atoms with Crippen molar-refractivity contribution in [3.63, 3.8) is 0 Å². The Kier molecular flexibility index (Phi) is 5.25. The van der Waals surface area contributed by atoms with E-state index < -0.39 is 0 Å². The summed E-state index contributed by atoms with van der Waals surface area (Å²) in [4.78, 5) is 8.77. The van der Waals surface area contributed by atoms with E-state index in [-0.39, 0.29) is 0 Å². The number of aromatic nitrogens is 2. The van der Waals surface area contributed by atoms with Gasteiger partial charge in [-0.25, -0.2) is 4.98 Å². The lowest BCUT2D eigenvalue weighted by molar-refractivity contribution is 0.171.